The molecule has 0 amide bonds. The van der Waals surface area contributed by atoms with Crippen LogP contribution in [-0.4, -0.2) is 29.4 Å². The monoisotopic (exact) mass is 397 g/mol. The molecule has 138 valence electrons. The quantitative estimate of drug-likeness (QED) is 0.657. The summed E-state index contributed by atoms with van der Waals surface area (Å²) in [6.07, 6.45) is 5.20. The maximum absolute atomic E-state index is 12.5. The minimum atomic E-state index is -3.96. The van der Waals surface area contributed by atoms with Crippen LogP contribution in [0, 0.1) is 5.92 Å². The Hall–Kier alpha value is -0.710. The molecule has 0 bridgehead atoms. The molecule has 5 N–H and O–H groups in total. The fourth-order valence-corrected chi connectivity index (χ4v) is 4.96. The van der Waals surface area contributed by atoms with Crippen LogP contribution >= 0.6 is 12.4 Å². The molecule has 1 saturated carbocycles. The Morgan fingerprint density at radius 3 is 2.21 bits per heavy atom. The lowest BCUT2D eigenvalue weighted by Gasteiger charge is -2.29. The Labute approximate surface area is 149 Å². The zero-order chi connectivity index (χ0) is 17.1. The van der Waals surface area contributed by atoms with E-state index in [1.54, 1.807) is 0 Å². The summed E-state index contributed by atoms with van der Waals surface area (Å²) < 4.78 is 50.4. The van der Waals surface area contributed by atoms with E-state index in [2.05, 4.69) is 4.72 Å². The van der Waals surface area contributed by atoms with Gasteiger partial charge in [-0.15, -0.1) is 12.4 Å². The lowest BCUT2D eigenvalue weighted by Crippen LogP contribution is -2.45. The van der Waals surface area contributed by atoms with Crippen LogP contribution in [0.5, 0.6) is 0 Å². The third kappa shape index (κ3) is 5.40. The molecular formula is C14H24ClN3O4S2. The predicted octanol–water partition coefficient (Wildman–Crippen LogP) is 0.942. The Balaban J connectivity index is 0.00000288. The van der Waals surface area contributed by atoms with Gasteiger partial charge >= 0.3 is 0 Å². The van der Waals surface area contributed by atoms with E-state index in [1.165, 1.54) is 18.2 Å². The number of rotatable bonds is 6. The summed E-state index contributed by atoms with van der Waals surface area (Å²) in [6, 6.07) is 4.67. The van der Waals surface area contributed by atoms with Gasteiger partial charge in [0.05, 0.1) is 9.79 Å². The molecule has 0 saturated heterocycles. The van der Waals surface area contributed by atoms with Crippen molar-refractivity contribution >= 4 is 32.5 Å². The Morgan fingerprint density at radius 1 is 1.08 bits per heavy atom. The summed E-state index contributed by atoms with van der Waals surface area (Å²) >= 11 is 0. The first-order valence-electron chi connectivity index (χ1n) is 7.59. The van der Waals surface area contributed by atoms with E-state index in [9.17, 15) is 16.8 Å². The lowest BCUT2D eigenvalue weighted by molar-refractivity contribution is 0.294. The highest BCUT2D eigenvalue weighted by molar-refractivity contribution is 7.90. The van der Waals surface area contributed by atoms with E-state index in [0.717, 1.165) is 38.2 Å². The predicted molar refractivity (Wildman–Crippen MR) is 94.8 cm³/mol. The molecule has 1 aliphatic rings. The van der Waals surface area contributed by atoms with Crippen molar-refractivity contribution in [3.05, 3.63) is 24.3 Å². The molecule has 1 aromatic carbocycles. The van der Waals surface area contributed by atoms with Crippen molar-refractivity contribution in [2.75, 3.05) is 6.54 Å². The van der Waals surface area contributed by atoms with Gasteiger partial charge in [0, 0.05) is 12.6 Å². The average Bonchev–Trinajstić information content (AvgIpc) is 2.53. The maximum Gasteiger partial charge on any atom is 0.240 e. The first kappa shape index (κ1) is 21.3. The SMILES string of the molecule is Cl.NCC(NS(=O)(=O)c1cccc(S(N)(=O)=O)c1)C1CCCCC1. The minimum Gasteiger partial charge on any atom is -0.329 e. The maximum atomic E-state index is 12.5. The van der Waals surface area contributed by atoms with Gasteiger partial charge in [0.1, 0.15) is 0 Å². The fraction of sp³-hybridized carbons (Fsp3) is 0.571. The second-order valence-corrected chi connectivity index (χ2v) is 9.16. The molecule has 0 aliphatic heterocycles. The summed E-state index contributed by atoms with van der Waals surface area (Å²) in [7, 11) is -7.81. The number of primary sulfonamides is 1. The van der Waals surface area contributed by atoms with E-state index in [-0.39, 0.29) is 40.7 Å². The second kappa shape index (κ2) is 8.59. The number of sulfonamides is 2. The van der Waals surface area contributed by atoms with Crippen molar-refractivity contribution in [2.24, 2.45) is 16.8 Å². The first-order valence-corrected chi connectivity index (χ1v) is 10.6. The molecular weight excluding hydrogens is 374 g/mol. The van der Waals surface area contributed by atoms with Gasteiger partial charge in [0.25, 0.3) is 0 Å². The van der Waals surface area contributed by atoms with E-state index < -0.39 is 20.0 Å². The number of halogens is 1. The molecule has 7 nitrogen and oxygen atoms in total. The van der Waals surface area contributed by atoms with Crippen LogP contribution in [0.4, 0.5) is 0 Å². The molecule has 1 atom stereocenters. The molecule has 10 heteroatoms. The first-order chi connectivity index (χ1) is 10.7. The smallest absolute Gasteiger partial charge is 0.240 e. The van der Waals surface area contributed by atoms with Crippen LogP contribution in [-0.2, 0) is 20.0 Å². The third-order valence-corrected chi connectivity index (χ3v) is 6.62. The number of hydrogen-bond donors (Lipinski definition) is 3. The highest BCUT2D eigenvalue weighted by atomic mass is 35.5. The Morgan fingerprint density at radius 2 is 1.67 bits per heavy atom. The summed E-state index contributed by atoms with van der Waals surface area (Å²) in [5, 5.41) is 5.05. The van der Waals surface area contributed by atoms with Gasteiger partial charge in [0.2, 0.25) is 20.0 Å². The molecule has 0 radical (unpaired) electrons. The van der Waals surface area contributed by atoms with Crippen molar-refractivity contribution in [3.8, 4) is 0 Å². The van der Waals surface area contributed by atoms with Crippen LogP contribution in [0.1, 0.15) is 32.1 Å². The van der Waals surface area contributed by atoms with Gasteiger partial charge in [-0.05, 0) is 37.0 Å². The van der Waals surface area contributed by atoms with Crippen molar-refractivity contribution in [3.63, 3.8) is 0 Å². The van der Waals surface area contributed by atoms with Crippen LogP contribution in [0.3, 0.4) is 0 Å². The molecule has 2 rings (SSSR count). The highest BCUT2D eigenvalue weighted by Gasteiger charge is 2.27. The average molecular weight is 398 g/mol. The number of benzene rings is 1. The molecule has 1 aromatic rings. The van der Waals surface area contributed by atoms with Gasteiger partial charge in [0.15, 0.2) is 0 Å². The number of hydrogen-bond acceptors (Lipinski definition) is 5. The Bertz CT molecular complexity index is 747. The van der Waals surface area contributed by atoms with E-state index in [0.29, 0.717) is 0 Å². The molecule has 1 unspecified atom stereocenters. The topological polar surface area (TPSA) is 132 Å². The molecule has 0 spiro atoms. The normalized spacial score (nSPS) is 17.9. The molecule has 1 aliphatic carbocycles. The second-order valence-electron chi connectivity index (χ2n) is 5.88. The van der Waals surface area contributed by atoms with Crippen LogP contribution < -0.4 is 15.6 Å². The van der Waals surface area contributed by atoms with Crippen molar-refractivity contribution < 1.29 is 16.8 Å². The summed E-state index contributed by atoms with van der Waals surface area (Å²) in [6.45, 7) is 0.207. The highest BCUT2D eigenvalue weighted by Crippen LogP contribution is 2.27. The summed E-state index contributed by atoms with van der Waals surface area (Å²) in [5.74, 6) is 0.213. The Kier molecular flexibility index (Phi) is 7.64. The van der Waals surface area contributed by atoms with E-state index in [4.69, 9.17) is 10.9 Å². The van der Waals surface area contributed by atoms with E-state index >= 15 is 0 Å². The van der Waals surface area contributed by atoms with Gasteiger partial charge in [-0.2, -0.15) is 0 Å². The van der Waals surface area contributed by atoms with Crippen molar-refractivity contribution in [1.82, 2.24) is 4.72 Å². The van der Waals surface area contributed by atoms with Gasteiger partial charge in [-0.3, -0.25) is 0 Å². The van der Waals surface area contributed by atoms with Crippen LogP contribution in [0.2, 0.25) is 0 Å². The molecule has 24 heavy (non-hydrogen) atoms. The zero-order valence-electron chi connectivity index (χ0n) is 13.2. The van der Waals surface area contributed by atoms with Gasteiger partial charge in [-0.25, -0.2) is 26.7 Å². The molecule has 1 fully saturated rings. The standard InChI is InChI=1S/C14H23N3O4S2.ClH/c15-10-14(11-5-2-1-3-6-11)17-23(20,21)13-8-4-7-12(9-13)22(16,18)19;/h4,7-9,11,14,17H,1-3,5-6,10,15H2,(H2,16,18,19);1H. The van der Waals surface area contributed by atoms with Crippen molar-refractivity contribution in [1.29, 1.82) is 0 Å². The third-order valence-electron chi connectivity index (χ3n) is 4.22. The van der Waals surface area contributed by atoms with Crippen molar-refractivity contribution in [2.45, 2.75) is 47.9 Å². The fourth-order valence-electron chi connectivity index (χ4n) is 2.96. The zero-order valence-corrected chi connectivity index (χ0v) is 15.7. The summed E-state index contributed by atoms with van der Waals surface area (Å²) in [5.41, 5.74) is 5.75. The van der Waals surface area contributed by atoms with Crippen LogP contribution in [0.25, 0.3) is 0 Å². The lowest BCUT2D eigenvalue weighted by atomic mass is 9.84. The van der Waals surface area contributed by atoms with Gasteiger partial charge in [-0.1, -0.05) is 25.3 Å². The number of nitrogens with two attached hydrogens (primary N) is 2. The molecule has 0 aromatic heterocycles. The van der Waals surface area contributed by atoms with Gasteiger partial charge < -0.3 is 5.73 Å². The van der Waals surface area contributed by atoms with E-state index in [1.807, 2.05) is 0 Å². The largest absolute Gasteiger partial charge is 0.329 e. The number of nitrogens with one attached hydrogen (secondary N) is 1. The molecule has 0 heterocycles. The minimum absolute atomic E-state index is 0. The van der Waals surface area contributed by atoms with Crippen LogP contribution in [0.15, 0.2) is 34.1 Å². The summed E-state index contributed by atoms with van der Waals surface area (Å²) in [4.78, 5) is -0.361.